The van der Waals surface area contributed by atoms with Crippen molar-refractivity contribution in [1.82, 2.24) is 0 Å². The lowest BCUT2D eigenvalue weighted by molar-refractivity contribution is 0.275. The van der Waals surface area contributed by atoms with Gasteiger partial charge in [0.05, 0.1) is 14.2 Å². The molecule has 0 aliphatic heterocycles. The zero-order chi connectivity index (χ0) is 10.6. The molecule has 2 N–H and O–H groups in total. The molecule has 0 unspecified atom stereocenters. The molecular weight excluding hydrogens is 187 g/mol. The summed E-state index contributed by atoms with van der Waals surface area (Å²) in [5, 5.41) is 17.3. The van der Waals surface area contributed by atoms with Crippen molar-refractivity contribution in [1.29, 1.82) is 0 Å². The highest BCUT2D eigenvalue weighted by molar-refractivity contribution is 6.33. The van der Waals surface area contributed by atoms with E-state index in [1.165, 1.54) is 14.2 Å². The highest BCUT2D eigenvalue weighted by atomic mass is 16.6. The molecule has 0 saturated heterocycles. The Balaban J connectivity index is 3.02. The van der Waals surface area contributed by atoms with Gasteiger partial charge in [-0.05, 0) is 12.1 Å². The molecule has 1 aromatic rings. The minimum atomic E-state index is -1.88. The van der Waals surface area contributed by atoms with Crippen LogP contribution in [0.4, 0.5) is 0 Å². The summed E-state index contributed by atoms with van der Waals surface area (Å²) in [5.41, 5.74) is 0. The van der Waals surface area contributed by atoms with Gasteiger partial charge in [0.25, 0.3) is 0 Å². The molecule has 0 atom stereocenters. The third kappa shape index (κ3) is 2.30. The average molecular weight is 198 g/mol. The summed E-state index contributed by atoms with van der Waals surface area (Å²) in [5.74, 6) is 0.996. The second-order valence-corrected chi connectivity index (χ2v) is 2.44. The Morgan fingerprint density at radius 3 is 2.21 bits per heavy atom. The predicted octanol–water partition coefficient (Wildman–Crippen LogP) is 0.0521. The van der Waals surface area contributed by atoms with Gasteiger partial charge in [0.15, 0.2) is 5.75 Å². The maximum absolute atomic E-state index is 8.63. The fraction of sp³-hybridized carbons (Fsp3) is 0.250. The van der Waals surface area contributed by atoms with Crippen LogP contribution in [0.1, 0.15) is 0 Å². The summed E-state index contributed by atoms with van der Waals surface area (Å²) in [6.07, 6.45) is 0. The van der Waals surface area contributed by atoms with Crippen molar-refractivity contribution in [2.75, 3.05) is 14.2 Å². The van der Waals surface area contributed by atoms with Crippen LogP contribution < -0.4 is 14.1 Å². The Morgan fingerprint density at radius 1 is 1.07 bits per heavy atom. The Morgan fingerprint density at radius 2 is 1.71 bits per heavy atom. The molecule has 14 heavy (non-hydrogen) atoms. The molecule has 1 aromatic carbocycles. The van der Waals surface area contributed by atoms with Gasteiger partial charge in [-0.2, -0.15) is 0 Å². The number of para-hydroxylation sites is 1. The first-order valence-electron chi connectivity index (χ1n) is 3.92. The van der Waals surface area contributed by atoms with Gasteiger partial charge in [-0.3, -0.25) is 0 Å². The van der Waals surface area contributed by atoms with Crippen LogP contribution in [0, 0.1) is 0 Å². The summed E-state index contributed by atoms with van der Waals surface area (Å²) in [6, 6.07) is 4.87. The van der Waals surface area contributed by atoms with Gasteiger partial charge in [-0.25, -0.2) is 0 Å². The molecule has 76 valence electrons. The minimum Gasteiger partial charge on any atom is -0.509 e. The van der Waals surface area contributed by atoms with Gasteiger partial charge in [-0.1, -0.05) is 6.07 Å². The molecule has 0 aromatic heterocycles. The Kier molecular flexibility index (Phi) is 3.61. The van der Waals surface area contributed by atoms with Gasteiger partial charge in [0, 0.05) is 0 Å². The first-order chi connectivity index (χ1) is 6.69. The van der Waals surface area contributed by atoms with E-state index < -0.39 is 7.32 Å². The summed E-state index contributed by atoms with van der Waals surface area (Å²) in [6.45, 7) is 0. The van der Waals surface area contributed by atoms with Crippen molar-refractivity contribution in [3.05, 3.63) is 18.2 Å². The third-order valence-electron chi connectivity index (χ3n) is 1.60. The molecule has 5 nitrogen and oxygen atoms in total. The molecule has 0 aliphatic rings. The number of hydrogen-bond acceptors (Lipinski definition) is 5. The van der Waals surface area contributed by atoms with E-state index in [9.17, 15) is 0 Å². The topological polar surface area (TPSA) is 68.2 Å². The van der Waals surface area contributed by atoms with Crippen molar-refractivity contribution in [3.8, 4) is 17.2 Å². The number of ether oxygens (including phenoxy) is 2. The molecule has 0 spiro atoms. The molecule has 6 heteroatoms. The zero-order valence-corrected chi connectivity index (χ0v) is 7.93. The number of hydrogen-bond donors (Lipinski definition) is 2. The van der Waals surface area contributed by atoms with Crippen LogP contribution in [0.3, 0.4) is 0 Å². The second-order valence-electron chi connectivity index (χ2n) is 2.44. The molecule has 0 saturated carbocycles. The van der Waals surface area contributed by atoms with E-state index >= 15 is 0 Å². The van der Waals surface area contributed by atoms with Gasteiger partial charge < -0.3 is 24.2 Å². The van der Waals surface area contributed by atoms with E-state index in [-0.39, 0.29) is 5.75 Å². The largest absolute Gasteiger partial charge is 0.707 e. The van der Waals surface area contributed by atoms with E-state index in [2.05, 4.69) is 4.65 Å². The van der Waals surface area contributed by atoms with Crippen molar-refractivity contribution >= 4 is 7.32 Å². The summed E-state index contributed by atoms with van der Waals surface area (Å²) in [7, 11) is 1.04. The lowest BCUT2D eigenvalue weighted by Crippen LogP contribution is -2.20. The average Bonchev–Trinajstić information content (AvgIpc) is 2.16. The molecule has 0 aliphatic carbocycles. The van der Waals surface area contributed by atoms with Crippen LogP contribution in [-0.4, -0.2) is 31.6 Å². The van der Waals surface area contributed by atoms with Gasteiger partial charge in [-0.15, -0.1) is 0 Å². The quantitative estimate of drug-likeness (QED) is 0.669. The maximum Gasteiger partial charge on any atom is 0.707 e. The van der Waals surface area contributed by atoms with Crippen LogP contribution in [0.15, 0.2) is 18.2 Å². The second kappa shape index (κ2) is 4.73. The molecule has 0 bridgehead atoms. The molecule has 0 radical (unpaired) electrons. The van der Waals surface area contributed by atoms with Crippen LogP contribution >= 0.6 is 0 Å². The third-order valence-corrected chi connectivity index (χ3v) is 1.60. The van der Waals surface area contributed by atoms with Gasteiger partial charge >= 0.3 is 7.32 Å². The van der Waals surface area contributed by atoms with Gasteiger partial charge in [0.2, 0.25) is 5.75 Å². The van der Waals surface area contributed by atoms with E-state index in [0.29, 0.717) is 11.5 Å². The maximum atomic E-state index is 8.63. The van der Waals surface area contributed by atoms with E-state index in [1.807, 2.05) is 0 Å². The van der Waals surface area contributed by atoms with E-state index in [4.69, 9.17) is 19.5 Å². The SMILES string of the molecule is COc1cccc(OB(O)O)c1OC. The van der Waals surface area contributed by atoms with E-state index in [1.54, 1.807) is 18.2 Å². The Bertz CT molecular complexity index is 302. The number of methoxy groups -OCH3 is 2. The number of benzene rings is 1. The molecule has 0 heterocycles. The summed E-state index contributed by atoms with van der Waals surface area (Å²) < 4.78 is 14.7. The lowest BCUT2D eigenvalue weighted by Gasteiger charge is -2.12. The van der Waals surface area contributed by atoms with Crippen LogP contribution in [0.2, 0.25) is 0 Å². The Labute approximate surface area is 82.0 Å². The smallest absolute Gasteiger partial charge is 0.509 e. The first-order valence-corrected chi connectivity index (χ1v) is 3.92. The zero-order valence-electron chi connectivity index (χ0n) is 7.93. The molecule has 0 amide bonds. The Hall–Kier alpha value is -1.40. The summed E-state index contributed by atoms with van der Waals surface area (Å²) in [4.78, 5) is 0. The van der Waals surface area contributed by atoms with Crippen molar-refractivity contribution < 1.29 is 24.2 Å². The predicted molar refractivity (Wildman–Crippen MR) is 50.4 cm³/mol. The summed E-state index contributed by atoms with van der Waals surface area (Å²) >= 11 is 0. The van der Waals surface area contributed by atoms with Crippen molar-refractivity contribution in [3.63, 3.8) is 0 Å². The molecule has 1 rings (SSSR count). The first kappa shape index (κ1) is 10.7. The molecule has 0 fully saturated rings. The number of rotatable bonds is 4. The van der Waals surface area contributed by atoms with Crippen LogP contribution in [-0.2, 0) is 0 Å². The fourth-order valence-corrected chi connectivity index (χ4v) is 1.06. The van der Waals surface area contributed by atoms with Crippen LogP contribution in [0.5, 0.6) is 17.2 Å². The van der Waals surface area contributed by atoms with Crippen molar-refractivity contribution in [2.24, 2.45) is 0 Å². The minimum absolute atomic E-state index is 0.210. The van der Waals surface area contributed by atoms with Crippen molar-refractivity contribution in [2.45, 2.75) is 0 Å². The standard InChI is InChI=1S/C8H11BO5/c1-12-6-4-3-5-7(8(6)13-2)14-9(10)11/h3-5,10-11H,1-2H3. The highest BCUT2D eigenvalue weighted by Gasteiger charge is 2.17. The highest BCUT2D eigenvalue weighted by Crippen LogP contribution is 2.36. The van der Waals surface area contributed by atoms with E-state index in [0.717, 1.165) is 0 Å². The normalized spacial score (nSPS) is 9.43. The van der Waals surface area contributed by atoms with Gasteiger partial charge in [0.1, 0.15) is 5.75 Å². The molecular formula is C8H11BO5. The fourth-order valence-electron chi connectivity index (χ4n) is 1.06. The lowest BCUT2D eigenvalue weighted by atomic mass is 10.2. The van der Waals surface area contributed by atoms with Crippen LogP contribution in [0.25, 0.3) is 0 Å². The monoisotopic (exact) mass is 198 g/mol.